The van der Waals surface area contributed by atoms with Crippen molar-refractivity contribution in [3.05, 3.63) is 47.3 Å². The minimum Gasteiger partial charge on any atom is -0.396 e. The molecule has 0 bridgehead atoms. The number of fused-ring (bicyclic) bond motifs is 1. The lowest BCUT2D eigenvalue weighted by Gasteiger charge is -2.29. The first kappa shape index (κ1) is 12.7. The zero-order valence-electron chi connectivity index (χ0n) is 11.5. The van der Waals surface area contributed by atoms with Crippen molar-refractivity contribution in [1.82, 2.24) is 14.7 Å². The predicted octanol–water partition coefficient (Wildman–Crippen LogP) is 1.68. The molecule has 0 radical (unpaired) electrons. The molecule has 1 aliphatic heterocycles. The zero-order valence-corrected chi connectivity index (χ0v) is 11.5. The molecular formula is C15H18N4O. The average molecular weight is 270 g/mol. The van der Waals surface area contributed by atoms with Gasteiger partial charge in [-0.1, -0.05) is 24.3 Å². The van der Waals surface area contributed by atoms with Crippen molar-refractivity contribution in [1.29, 1.82) is 0 Å². The highest BCUT2D eigenvalue weighted by molar-refractivity contribution is 5.97. The molecule has 0 fully saturated rings. The van der Waals surface area contributed by atoms with Crippen LogP contribution >= 0.6 is 0 Å². The van der Waals surface area contributed by atoms with Crippen LogP contribution < -0.4 is 5.73 Å². The molecule has 1 aliphatic rings. The monoisotopic (exact) mass is 270 g/mol. The Kier molecular flexibility index (Phi) is 3.18. The Morgan fingerprint density at radius 2 is 2.10 bits per heavy atom. The zero-order chi connectivity index (χ0) is 14.1. The van der Waals surface area contributed by atoms with Gasteiger partial charge in [0.1, 0.15) is 5.69 Å². The highest BCUT2D eigenvalue weighted by atomic mass is 16.2. The SMILES string of the molecule is CCn1ncc(N)c1C(=O)N1CCc2ccccc2C1. The Bertz CT molecular complexity index is 647. The van der Waals surface area contributed by atoms with E-state index < -0.39 is 0 Å². The molecule has 0 saturated heterocycles. The molecule has 20 heavy (non-hydrogen) atoms. The van der Waals surface area contributed by atoms with Gasteiger partial charge in [-0.2, -0.15) is 5.10 Å². The van der Waals surface area contributed by atoms with Crippen LogP contribution in [-0.4, -0.2) is 27.1 Å². The quantitative estimate of drug-likeness (QED) is 0.903. The first-order valence-electron chi connectivity index (χ1n) is 6.88. The van der Waals surface area contributed by atoms with E-state index in [1.807, 2.05) is 24.0 Å². The number of carbonyl (C=O) groups is 1. The van der Waals surface area contributed by atoms with Crippen molar-refractivity contribution in [2.45, 2.75) is 26.4 Å². The van der Waals surface area contributed by atoms with Crippen LogP contribution in [0, 0.1) is 0 Å². The number of nitrogen functional groups attached to an aromatic ring is 1. The second kappa shape index (κ2) is 5.00. The van der Waals surface area contributed by atoms with Gasteiger partial charge < -0.3 is 10.6 Å². The predicted molar refractivity (Wildman–Crippen MR) is 77.2 cm³/mol. The molecule has 1 aromatic heterocycles. The minimum absolute atomic E-state index is 0.0312. The van der Waals surface area contributed by atoms with E-state index in [1.165, 1.54) is 11.1 Å². The Balaban J connectivity index is 1.88. The van der Waals surface area contributed by atoms with Crippen molar-refractivity contribution in [3.8, 4) is 0 Å². The van der Waals surface area contributed by atoms with E-state index in [1.54, 1.807) is 10.9 Å². The number of hydrogen-bond donors (Lipinski definition) is 1. The molecule has 0 aliphatic carbocycles. The Hall–Kier alpha value is -2.30. The number of nitrogens with zero attached hydrogens (tertiary/aromatic N) is 3. The molecule has 1 aromatic carbocycles. The van der Waals surface area contributed by atoms with Crippen LogP contribution in [-0.2, 0) is 19.5 Å². The van der Waals surface area contributed by atoms with Crippen LogP contribution in [0.3, 0.4) is 0 Å². The second-order valence-corrected chi connectivity index (χ2v) is 5.01. The van der Waals surface area contributed by atoms with Gasteiger partial charge in [-0.15, -0.1) is 0 Å². The van der Waals surface area contributed by atoms with E-state index in [0.717, 1.165) is 13.0 Å². The third-order valence-corrected chi connectivity index (χ3v) is 3.79. The number of anilines is 1. The molecular weight excluding hydrogens is 252 g/mol. The van der Waals surface area contributed by atoms with Crippen LogP contribution in [0.5, 0.6) is 0 Å². The molecule has 0 saturated carbocycles. The largest absolute Gasteiger partial charge is 0.396 e. The van der Waals surface area contributed by atoms with Crippen LogP contribution in [0.25, 0.3) is 0 Å². The maximum absolute atomic E-state index is 12.7. The number of aromatic nitrogens is 2. The number of aryl methyl sites for hydroxylation is 1. The average Bonchev–Trinajstić information content (AvgIpc) is 2.87. The van der Waals surface area contributed by atoms with Gasteiger partial charge in [0.2, 0.25) is 0 Å². The maximum Gasteiger partial charge on any atom is 0.274 e. The van der Waals surface area contributed by atoms with Crippen molar-refractivity contribution in [3.63, 3.8) is 0 Å². The van der Waals surface area contributed by atoms with Crippen molar-refractivity contribution in [2.24, 2.45) is 0 Å². The smallest absolute Gasteiger partial charge is 0.274 e. The van der Waals surface area contributed by atoms with Gasteiger partial charge in [-0.3, -0.25) is 9.48 Å². The molecule has 0 unspecified atom stereocenters. The number of hydrogen-bond acceptors (Lipinski definition) is 3. The molecule has 5 nitrogen and oxygen atoms in total. The molecule has 3 rings (SSSR count). The summed E-state index contributed by atoms with van der Waals surface area (Å²) in [5.41, 5.74) is 9.39. The molecule has 0 spiro atoms. The van der Waals surface area contributed by atoms with Gasteiger partial charge in [-0.05, 0) is 24.5 Å². The summed E-state index contributed by atoms with van der Waals surface area (Å²) in [5, 5.41) is 4.14. The van der Waals surface area contributed by atoms with Crippen molar-refractivity contribution >= 4 is 11.6 Å². The van der Waals surface area contributed by atoms with Gasteiger partial charge in [0.25, 0.3) is 5.91 Å². The Morgan fingerprint density at radius 3 is 2.85 bits per heavy atom. The third-order valence-electron chi connectivity index (χ3n) is 3.79. The molecule has 1 amide bonds. The summed E-state index contributed by atoms with van der Waals surface area (Å²) < 4.78 is 1.66. The molecule has 5 heteroatoms. The van der Waals surface area contributed by atoms with E-state index in [2.05, 4.69) is 17.2 Å². The molecule has 2 N–H and O–H groups in total. The minimum atomic E-state index is -0.0312. The molecule has 2 heterocycles. The van der Waals surface area contributed by atoms with Gasteiger partial charge in [0.15, 0.2) is 0 Å². The van der Waals surface area contributed by atoms with E-state index >= 15 is 0 Å². The highest BCUT2D eigenvalue weighted by Crippen LogP contribution is 2.22. The topological polar surface area (TPSA) is 64.2 Å². The van der Waals surface area contributed by atoms with Crippen molar-refractivity contribution in [2.75, 3.05) is 12.3 Å². The Labute approximate surface area is 118 Å². The highest BCUT2D eigenvalue weighted by Gasteiger charge is 2.25. The molecule has 0 atom stereocenters. The summed E-state index contributed by atoms with van der Waals surface area (Å²) in [5.74, 6) is -0.0312. The van der Waals surface area contributed by atoms with E-state index in [4.69, 9.17) is 5.73 Å². The maximum atomic E-state index is 12.7. The number of amides is 1. The fourth-order valence-corrected chi connectivity index (χ4v) is 2.69. The van der Waals surface area contributed by atoms with E-state index in [9.17, 15) is 4.79 Å². The number of rotatable bonds is 2. The Morgan fingerprint density at radius 1 is 1.35 bits per heavy atom. The first-order valence-corrected chi connectivity index (χ1v) is 6.88. The third kappa shape index (κ3) is 2.05. The fourth-order valence-electron chi connectivity index (χ4n) is 2.69. The second-order valence-electron chi connectivity index (χ2n) is 5.01. The number of nitrogens with two attached hydrogens (primary N) is 1. The summed E-state index contributed by atoms with van der Waals surface area (Å²) in [6.45, 7) is 3.96. The van der Waals surface area contributed by atoms with Crippen LogP contribution in [0.15, 0.2) is 30.5 Å². The normalized spacial score (nSPS) is 14.2. The lowest BCUT2D eigenvalue weighted by Crippen LogP contribution is -2.37. The van der Waals surface area contributed by atoms with Gasteiger partial charge >= 0.3 is 0 Å². The summed E-state index contributed by atoms with van der Waals surface area (Å²) in [6, 6.07) is 8.26. The van der Waals surface area contributed by atoms with Crippen LogP contribution in [0.4, 0.5) is 5.69 Å². The van der Waals surface area contributed by atoms with E-state index in [0.29, 0.717) is 24.5 Å². The van der Waals surface area contributed by atoms with Crippen LogP contribution in [0.1, 0.15) is 28.5 Å². The standard InChI is InChI=1S/C15H18N4O/c1-2-19-14(13(16)9-17-19)15(20)18-8-7-11-5-3-4-6-12(11)10-18/h3-6,9H,2,7-8,10,16H2,1H3. The molecule has 2 aromatic rings. The van der Waals surface area contributed by atoms with Crippen molar-refractivity contribution < 1.29 is 4.79 Å². The lowest BCUT2D eigenvalue weighted by molar-refractivity contribution is 0.0723. The van der Waals surface area contributed by atoms with Gasteiger partial charge in [0, 0.05) is 19.6 Å². The summed E-state index contributed by atoms with van der Waals surface area (Å²) in [6.07, 6.45) is 2.44. The first-order chi connectivity index (χ1) is 9.70. The summed E-state index contributed by atoms with van der Waals surface area (Å²) in [7, 11) is 0. The van der Waals surface area contributed by atoms with Gasteiger partial charge in [-0.25, -0.2) is 0 Å². The molecule has 104 valence electrons. The summed E-state index contributed by atoms with van der Waals surface area (Å²) >= 11 is 0. The number of benzene rings is 1. The number of carbonyl (C=O) groups excluding carboxylic acids is 1. The lowest BCUT2D eigenvalue weighted by atomic mass is 10.00. The van der Waals surface area contributed by atoms with Crippen LogP contribution in [0.2, 0.25) is 0 Å². The summed E-state index contributed by atoms with van der Waals surface area (Å²) in [4.78, 5) is 14.5. The fraction of sp³-hybridized carbons (Fsp3) is 0.333. The van der Waals surface area contributed by atoms with E-state index in [-0.39, 0.29) is 5.91 Å². The van der Waals surface area contributed by atoms with Gasteiger partial charge in [0.05, 0.1) is 11.9 Å².